The number of allylic oxidation sites excluding steroid dienone is 1. The molecule has 5 heteroatoms. The van der Waals surface area contributed by atoms with E-state index in [1.54, 1.807) is 18.2 Å². The fraction of sp³-hybridized carbons (Fsp3) is 0.261. The zero-order valence-electron chi connectivity index (χ0n) is 15.9. The number of rotatable bonds is 4. The zero-order valence-corrected chi connectivity index (χ0v) is 16.6. The molecule has 0 radical (unpaired) electrons. The summed E-state index contributed by atoms with van der Waals surface area (Å²) in [5, 5.41) is 15.9. The summed E-state index contributed by atoms with van der Waals surface area (Å²) in [6.07, 6.45) is 4.68. The Balaban J connectivity index is 1.63. The third kappa shape index (κ3) is 3.38. The summed E-state index contributed by atoms with van der Waals surface area (Å²) in [6, 6.07) is 13.7. The van der Waals surface area contributed by atoms with Gasteiger partial charge in [0.25, 0.3) is 0 Å². The molecule has 3 aromatic rings. The lowest BCUT2D eigenvalue weighted by atomic mass is 9.70. The number of aliphatic hydroxyl groups is 1. The molecule has 0 saturated heterocycles. The quantitative estimate of drug-likeness (QED) is 0.609. The molecule has 1 N–H and O–H groups in total. The first-order chi connectivity index (χ1) is 13.4. The molecule has 1 aliphatic rings. The van der Waals surface area contributed by atoms with Gasteiger partial charge in [-0.1, -0.05) is 42.3 Å². The first-order valence-corrected chi connectivity index (χ1v) is 9.69. The van der Waals surface area contributed by atoms with Crippen LogP contribution in [0.15, 0.2) is 60.3 Å². The van der Waals surface area contributed by atoms with E-state index in [-0.39, 0.29) is 11.2 Å². The van der Waals surface area contributed by atoms with Gasteiger partial charge in [-0.05, 0) is 72.7 Å². The van der Waals surface area contributed by atoms with Crippen LogP contribution in [-0.4, -0.2) is 14.9 Å². The monoisotopic (exact) mass is 396 g/mol. The van der Waals surface area contributed by atoms with E-state index in [1.165, 1.54) is 17.7 Å². The Morgan fingerprint density at radius 3 is 2.64 bits per heavy atom. The van der Waals surface area contributed by atoms with Gasteiger partial charge in [-0.25, -0.2) is 9.07 Å². The summed E-state index contributed by atoms with van der Waals surface area (Å²) >= 11 is 6.27. The SMILES string of the molecule is CC1=Cc2c(cnn2-c2ccc(F)cc2)C[C@@]1(C)CC(O)c1ccccc1Cl. The second kappa shape index (κ2) is 7.19. The first-order valence-electron chi connectivity index (χ1n) is 9.31. The van der Waals surface area contributed by atoms with E-state index in [9.17, 15) is 9.50 Å². The molecule has 0 saturated carbocycles. The second-order valence-electron chi connectivity index (χ2n) is 7.75. The number of benzene rings is 2. The maximum atomic E-state index is 13.2. The lowest BCUT2D eigenvalue weighted by Gasteiger charge is -2.36. The minimum atomic E-state index is -0.643. The van der Waals surface area contributed by atoms with Crippen LogP contribution in [-0.2, 0) is 6.42 Å². The normalized spacial score (nSPS) is 19.8. The molecule has 0 amide bonds. The van der Waals surface area contributed by atoms with E-state index >= 15 is 0 Å². The van der Waals surface area contributed by atoms with Gasteiger partial charge in [0.05, 0.1) is 23.7 Å². The van der Waals surface area contributed by atoms with Crippen LogP contribution >= 0.6 is 11.6 Å². The fourth-order valence-electron chi connectivity index (χ4n) is 3.92. The zero-order chi connectivity index (χ0) is 19.9. The highest BCUT2D eigenvalue weighted by atomic mass is 35.5. The Labute approximate surface area is 169 Å². The Kier molecular flexibility index (Phi) is 4.86. The van der Waals surface area contributed by atoms with Crippen LogP contribution in [0.1, 0.15) is 43.2 Å². The third-order valence-corrected chi connectivity index (χ3v) is 6.10. The van der Waals surface area contributed by atoms with Crippen molar-refractivity contribution in [3.63, 3.8) is 0 Å². The predicted octanol–water partition coefficient (Wildman–Crippen LogP) is 5.75. The number of fused-ring (bicyclic) bond motifs is 1. The molecule has 2 atom stereocenters. The molecule has 1 heterocycles. The summed E-state index contributed by atoms with van der Waals surface area (Å²) in [5.41, 5.74) is 4.67. The smallest absolute Gasteiger partial charge is 0.123 e. The van der Waals surface area contributed by atoms with Crippen LogP contribution in [0.3, 0.4) is 0 Å². The molecule has 2 aromatic carbocycles. The van der Waals surface area contributed by atoms with E-state index < -0.39 is 6.10 Å². The van der Waals surface area contributed by atoms with E-state index in [4.69, 9.17) is 11.6 Å². The van der Waals surface area contributed by atoms with Gasteiger partial charge < -0.3 is 5.11 Å². The van der Waals surface area contributed by atoms with Crippen LogP contribution in [0, 0.1) is 11.2 Å². The number of nitrogens with zero attached hydrogens (tertiary/aromatic N) is 2. The van der Waals surface area contributed by atoms with Crippen LogP contribution in [0.25, 0.3) is 11.8 Å². The summed E-state index contributed by atoms with van der Waals surface area (Å²) in [6.45, 7) is 4.25. The summed E-state index contributed by atoms with van der Waals surface area (Å²) in [5.74, 6) is -0.266. The minimum absolute atomic E-state index is 0.206. The van der Waals surface area contributed by atoms with Crippen LogP contribution in [0.2, 0.25) is 5.02 Å². The Morgan fingerprint density at radius 2 is 1.93 bits per heavy atom. The van der Waals surface area contributed by atoms with Gasteiger partial charge in [0.2, 0.25) is 0 Å². The third-order valence-electron chi connectivity index (χ3n) is 5.75. The minimum Gasteiger partial charge on any atom is -0.388 e. The molecular weight excluding hydrogens is 375 g/mol. The maximum absolute atomic E-state index is 13.2. The molecule has 28 heavy (non-hydrogen) atoms. The van der Waals surface area contributed by atoms with Gasteiger partial charge in [0.15, 0.2) is 0 Å². The number of halogens is 2. The average Bonchev–Trinajstić information content (AvgIpc) is 3.05. The van der Waals surface area contributed by atoms with Crippen LogP contribution in [0.4, 0.5) is 4.39 Å². The van der Waals surface area contributed by atoms with Gasteiger partial charge in [0.1, 0.15) is 5.82 Å². The van der Waals surface area contributed by atoms with E-state index in [1.807, 2.05) is 29.1 Å². The Hall–Kier alpha value is -2.43. The number of aliphatic hydroxyl groups excluding tert-OH is 1. The van der Waals surface area contributed by atoms with Crippen molar-refractivity contribution in [2.75, 3.05) is 0 Å². The molecule has 1 unspecified atom stereocenters. The van der Waals surface area contributed by atoms with Crippen molar-refractivity contribution >= 4 is 17.7 Å². The first kappa shape index (κ1) is 18.9. The molecule has 0 bridgehead atoms. The van der Waals surface area contributed by atoms with Crippen molar-refractivity contribution in [3.05, 3.63) is 88.0 Å². The Morgan fingerprint density at radius 1 is 1.21 bits per heavy atom. The predicted molar refractivity (Wildman–Crippen MR) is 110 cm³/mol. The highest BCUT2D eigenvalue weighted by molar-refractivity contribution is 6.31. The molecule has 0 spiro atoms. The Bertz CT molecular complexity index is 1040. The largest absolute Gasteiger partial charge is 0.388 e. The lowest BCUT2D eigenvalue weighted by molar-refractivity contribution is 0.121. The van der Waals surface area contributed by atoms with Crippen molar-refractivity contribution in [2.45, 2.75) is 32.8 Å². The van der Waals surface area contributed by atoms with Gasteiger partial charge in [-0.2, -0.15) is 5.10 Å². The van der Waals surface area contributed by atoms with E-state index in [0.717, 1.165) is 28.9 Å². The topological polar surface area (TPSA) is 38.0 Å². The standard InChI is InChI=1S/C23H22ClFN2O/c1-15-11-21-16(14-26-27(21)18-9-7-17(25)8-10-18)12-23(15,2)13-22(28)19-5-3-4-6-20(19)24/h3-11,14,22,28H,12-13H2,1-2H3/t22?,23-/m0/s1. The molecule has 0 aliphatic heterocycles. The molecular formula is C23H22ClFN2O. The average molecular weight is 397 g/mol. The summed E-state index contributed by atoms with van der Waals surface area (Å²) in [7, 11) is 0. The second-order valence-corrected chi connectivity index (χ2v) is 8.16. The maximum Gasteiger partial charge on any atom is 0.123 e. The van der Waals surface area contributed by atoms with Gasteiger partial charge in [0, 0.05) is 5.02 Å². The summed E-state index contributed by atoms with van der Waals surface area (Å²) < 4.78 is 15.1. The van der Waals surface area contributed by atoms with Crippen LogP contribution in [0.5, 0.6) is 0 Å². The van der Waals surface area contributed by atoms with E-state index in [0.29, 0.717) is 11.4 Å². The highest BCUT2D eigenvalue weighted by Gasteiger charge is 2.35. The van der Waals surface area contributed by atoms with Gasteiger partial charge >= 0.3 is 0 Å². The van der Waals surface area contributed by atoms with Crippen molar-refractivity contribution in [2.24, 2.45) is 5.41 Å². The number of aromatic nitrogens is 2. The van der Waals surface area contributed by atoms with Gasteiger partial charge in [-0.3, -0.25) is 0 Å². The highest BCUT2D eigenvalue weighted by Crippen LogP contribution is 2.45. The molecule has 144 valence electrons. The van der Waals surface area contributed by atoms with Gasteiger partial charge in [-0.15, -0.1) is 0 Å². The number of hydrogen-bond donors (Lipinski definition) is 1. The van der Waals surface area contributed by atoms with Crippen molar-refractivity contribution in [1.29, 1.82) is 0 Å². The summed E-state index contributed by atoms with van der Waals surface area (Å²) in [4.78, 5) is 0. The molecule has 3 nitrogen and oxygen atoms in total. The lowest BCUT2D eigenvalue weighted by Crippen LogP contribution is -2.27. The molecule has 4 rings (SSSR count). The van der Waals surface area contributed by atoms with Crippen LogP contribution < -0.4 is 0 Å². The fourth-order valence-corrected chi connectivity index (χ4v) is 4.19. The van der Waals surface area contributed by atoms with Crippen molar-refractivity contribution in [1.82, 2.24) is 9.78 Å². The molecule has 0 fully saturated rings. The van der Waals surface area contributed by atoms with Crippen molar-refractivity contribution in [3.8, 4) is 5.69 Å². The number of hydrogen-bond acceptors (Lipinski definition) is 2. The van der Waals surface area contributed by atoms with Crippen molar-refractivity contribution < 1.29 is 9.50 Å². The van der Waals surface area contributed by atoms with E-state index in [2.05, 4.69) is 25.0 Å². The molecule has 1 aromatic heterocycles. The molecule has 1 aliphatic carbocycles.